The van der Waals surface area contributed by atoms with E-state index in [0.717, 1.165) is 13.0 Å². The van der Waals surface area contributed by atoms with E-state index in [0.29, 0.717) is 6.54 Å². The zero-order chi connectivity index (χ0) is 10.8. The lowest BCUT2D eigenvalue weighted by atomic mass is 9.94. The topological polar surface area (TPSA) is 52.6 Å². The van der Waals surface area contributed by atoms with E-state index in [1.807, 2.05) is 20.9 Å². The molecule has 0 spiro atoms. The first-order valence-corrected chi connectivity index (χ1v) is 5.05. The van der Waals surface area contributed by atoms with Crippen molar-refractivity contribution in [2.45, 2.75) is 26.3 Å². The number of carbonyl (C=O) groups is 1. The summed E-state index contributed by atoms with van der Waals surface area (Å²) < 4.78 is 0. The Hall–Kier alpha value is -0.610. The van der Waals surface area contributed by atoms with Crippen LogP contribution in [0.2, 0.25) is 0 Å². The number of nitrogens with zero attached hydrogens (tertiary/aromatic N) is 1. The van der Waals surface area contributed by atoms with E-state index >= 15 is 0 Å². The highest BCUT2D eigenvalue weighted by Gasteiger charge is 2.30. The van der Waals surface area contributed by atoms with Gasteiger partial charge in [-0.05, 0) is 6.42 Å². The molecular weight excluding hydrogens is 180 g/mol. The SMILES string of the molecule is CN1CCC(NCC(C)(C)CO)C1=O. The number of aliphatic hydroxyl groups is 1. The van der Waals surface area contributed by atoms with Crippen molar-refractivity contribution in [2.24, 2.45) is 5.41 Å². The Labute approximate surface area is 85.3 Å². The fourth-order valence-electron chi connectivity index (χ4n) is 1.47. The van der Waals surface area contributed by atoms with Crippen molar-refractivity contribution in [3.63, 3.8) is 0 Å². The Morgan fingerprint density at radius 2 is 2.29 bits per heavy atom. The van der Waals surface area contributed by atoms with Crippen LogP contribution >= 0.6 is 0 Å². The van der Waals surface area contributed by atoms with Gasteiger partial charge >= 0.3 is 0 Å². The minimum absolute atomic E-state index is 0.0502. The van der Waals surface area contributed by atoms with Gasteiger partial charge in [0, 0.05) is 32.2 Å². The van der Waals surface area contributed by atoms with E-state index < -0.39 is 0 Å². The summed E-state index contributed by atoms with van der Waals surface area (Å²) in [5.41, 5.74) is -0.151. The fourth-order valence-corrected chi connectivity index (χ4v) is 1.47. The summed E-state index contributed by atoms with van der Waals surface area (Å²) in [7, 11) is 1.82. The summed E-state index contributed by atoms with van der Waals surface area (Å²) in [6.07, 6.45) is 0.872. The molecule has 2 N–H and O–H groups in total. The van der Waals surface area contributed by atoms with Gasteiger partial charge in [0.2, 0.25) is 5.91 Å². The molecule has 0 radical (unpaired) electrons. The van der Waals surface area contributed by atoms with Crippen LogP contribution in [0.25, 0.3) is 0 Å². The second kappa shape index (κ2) is 4.28. The van der Waals surface area contributed by atoms with E-state index in [1.165, 1.54) is 0 Å². The Bertz CT molecular complexity index is 216. The minimum Gasteiger partial charge on any atom is -0.396 e. The Balaban J connectivity index is 2.36. The average Bonchev–Trinajstić information content (AvgIpc) is 2.45. The van der Waals surface area contributed by atoms with Gasteiger partial charge in [-0.3, -0.25) is 4.79 Å². The average molecular weight is 200 g/mol. The van der Waals surface area contributed by atoms with Gasteiger partial charge in [0.15, 0.2) is 0 Å². The zero-order valence-electron chi connectivity index (χ0n) is 9.21. The molecule has 0 aromatic carbocycles. The number of hydrogen-bond acceptors (Lipinski definition) is 3. The van der Waals surface area contributed by atoms with Gasteiger partial charge in [-0.15, -0.1) is 0 Å². The van der Waals surface area contributed by atoms with Crippen LogP contribution in [-0.4, -0.2) is 48.7 Å². The number of likely N-dealkylation sites (N-methyl/N-ethyl adjacent to an activating group) is 1. The molecule has 0 saturated carbocycles. The summed E-state index contributed by atoms with van der Waals surface area (Å²) in [5, 5.41) is 12.3. The largest absolute Gasteiger partial charge is 0.396 e. The van der Waals surface area contributed by atoms with Crippen LogP contribution in [0.15, 0.2) is 0 Å². The van der Waals surface area contributed by atoms with E-state index in [4.69, 9.17) is 5.11 Å². The summed E-state index contributed by atoms with van der Waals surface area (Å²) in [5.74, 6) is 0.165. The maximum absolute atomic E-state index is 11.5. The van der Waals surface area contributed by atoms with E-state index in [-0.39, 0.29) is 24.0 Å². The molecular formula is C10H20N2O2. The zero-order valence-corrected chi connectivity index (χ0v) is 9.21. The lowest BCUT2D eigenvalue weighted by molar-refractivity contribution is -0.128. The van der Waals surface area contributed by atoms with Crippen molar-refractivity contribution >= 4 is 5.91 Å². The number of aliphatic hydroxyl groups excluding tert-OH is 1. The predicted molar refractivity (Wildman–Crippen MR) is 54.9 cm³/mol. The van der Waals surface area contributed by atoms with Crippen molar-refractivity contribution in [2.75, 3.05) is 26.7 Å². The lowest BCUT2D eigenvalue weighted by Gasteiger charge is -2.24. The number of carbonyl (C=O) groups excluding carboxylic acids is 1. The van der Waals surface area contributed by atoms with Crippen LogP contribution in [0.4, 0.5) is 0 Å². The molecule has 14 heavy (non-hydrogen) atoms. The van der Waals surface area contributed by atoms with Crippen LogP contribution in [0.5, 0.6) is 0 Å². The molecule has 1 heterocycles. The van der Waals surface area contributed by atoms with Crippen LogP contribution in [-0.2, 0) is 4.79 Å². The maximum Gasteiger partial charge on any atom is 0.239 e. The van der Waals surface area contributed by atoms with Gasteiger partial charge in [0.05, 0.1) is 6.04 Å². The first kappa shape index (κ1) is 11.5. The normalized spacial score (nSPS) is 23.3. The molecule has 1 amide bonds. The van der Waals surface area contributed by atoms with Crippen molar-refractivity contribution in [1.29, 1.82) is 0 Å². The summed E-state index contributed by atoms with van der Waals surface area (Å²) in [6.45, 7) is 5.59. The molecule has 0 aromatic rings. The van der Waals surface area contributed by atoms with Crippen molar-refractivity contribution < 1.29 is 9.90 Å². The highest BCUT2D eigenvalue weighted by molar-refractivity contribution is 5.83. The molecule has 1 unspecified atom stereocenters. The number of rotatable bonds is 4. The van der Waals surface area contributed by atoms with Crippen molar-refractivity contribution in [3.8, 4) is 0 Å². The molecule has 4 heteroatoms. The monoisotopic (exact) mass is 200 g/mol. The third-order valence-electron chi connectivity index (χ3n) is 2.68. The fraction of sp³-hybridized carbons (Fsp3) is 0.900. The van der Waals surface area contributed by atoms with Crippen LogP contribution in [0, 0.1) is 5.41 Å². The van der Waals surface area contributed by atoms with Crippen LogP contribution in [0.3, 0.4) is 0 Å². The van der Waals surface area contributed by atoms with E-state index in [2.05, 4.69) is 5.32 Å². The number of hydrogen-bond donors (Lipinski definition) is 2. The first-order valence-electron chi connectivity index (χ1n) is 5.05. The number of nitrogens with one attached hydrogen (secondary N) is 1. The Morgan fingerprint density at radius 1 is 1.64 bits per heavy atom. The van der Waals surface area contributed by atoms with Gasteiger partial charge in [-0.1, -0.05) is 13.8 Å². The third-order valence-corrected chi connectivity index (χ3v) is 2.68. The molecule has 0 bridgehead atoms. The smallest absolute Gasteiger partial charge is 0.239 e. The second-order valence-corrected chi connectivity index (χ2v) is 4.80. The summed E-state index contributed by atoms with van der Waals surface area (Å²) in [6, 6.07) is -0.0502. The highest BCUT2D eigenvalue weighted by Crippen LogP contribution is 2.14. The maximum atomic E-state index is 11.5. The van der Waals surface area contributed by atoms with Gasteiger partial charge in [-0.25, -0.2) is 0 Å². The van der Waals surface area contributed by atoms with Crippen LogP contribution in [0.1, 0.15) is 20.3 Å². The molecule has 4 nitrogen and oxygen atoms in total. The molecule has 1 fully saturated rings. The molecule has 82 valence electrons. The predicted octanol–water partition coefficient (Wildman–Crippen LogP) is -0.175. The van der Waals surface area contributed by atoms with Gasteiger partial charge in [0.25, 0.3) is 0 Å². The minimum atomic E-state index is -0.151. The van der Waals surface area contributed by atoms with E-state index in [9.17, 15) is 4.79 Å². The highest BCUT2D eigenvalue weighted by atomic mass is 16.3. The summed E-state index contributed by atoms with van der Waals surface area (Å²) >= 11 is 0. The molecule has 1 saturated heterocycles. The molecule has 0 aliphatic carbocycles. The quantitative estimate of drug-likeness (QED) is 0.662. The van der Waals surface area contributed by atoms with Gasteiger partial charge in [-0.2, -0.15) is 0 Å². The van der Waals surface area contributed by atoms with Crippen molar-refractivity contribution in [1.82, 2.24) is 10.2 Å². The molecule has 1 aliphatic heterocycles. The molecule has 1 aliphatic rings. The Kier molecular flexibility index (Phi) is 3.50. The second-order valence-electron chi connectivity index (χ2n) is 4.80. The lowest BCUT2D eigenvalue weighted by Crippen LogP contribution is -2.42. The molecule has 0 aromatic heterocycles. The van der Waals surface area contributed by atoms with Crippen molar-refractivity contribution in [3.05, 3.63) is 0 Å². The Morgan fingerprint density at radius 3 is 2.71 bits per heavy atom. The van der Waals surface area contributed by atoms with Crippen LogP contribution < -0.4 is 5.32 Å². The third kappa shape index (κ3) is 2.69. The summed E-state index contributed by atoms with van der Waals surface area (Å²) in [4.78, 5) is 13.3. The number of likely N-dealkylation sites (tertiary alicyclic amines) is 1. The van der Waals surface area contributed by atoms with E-state index in [1.54, 1.807) is 4.90 Å². The molecule has 1 rings (SSSR count). The van der Waals surface area contributed by atoms with Gasteiger partial charge in [0.1, 0.15) is 0 Å². The number of amides is 1. The standard InChI is InChI=1S/C10H20N2O2/c1-10(2,7-13)6-11-8-4-5-12(3)9(8)14/h8,11,13H,4-7H2,1-3H3. The van der Waals surface area contributed by atoms with Gasteiger partial charge < -0.3 is 15.3 Å². The first-order chi connectivity index (χ1) is 6.46. The molecule has 1 atom stereocenters.